The number of rotatable bonds is 7. The molecule has 4 rings (SSSR count). The average molecular weight is 477 g/mol. The van der Waals surface area contributed by atoms with Gasteiger partial charge in [0.15, 0.2) is 5.16 Å². The number of nitrogens with one attached hydrogen (secondary N) is 2. The molecule has 9 nitrogen and oxygen atoms in total. The first kappa shape index (κ1) is 22.6. The molecule has 1 aromatic heterocycles. The SMILES string of the molecule is COc1ccc2nc(S[C@@H](C)C(=O)Nc3ccc(S(=O)(=O)N4CCOCC4)cc3)[nH]c2c1. The molecule has 3 aromatic rings. The number of hydrogen-bond acceptors (Lipinski definition) is 7. The van der Waals surface area contributed by atoms with Crippen LogP contribution in [-0.4, -0.2) is 67.3 Å². The van der Waals surface area contributed by atoms with E-state index in [1.54, 1.807) is 26.2 Å². The van der Waals surface area contributed by atoms with E-state index in [-0.39, 0.29) is 10.8 Å². The predicted octanol–water partition coefficient (Wildman–Crippen LogP) is 2.71. The van der Waals surface area contributed by atoms with Crippen molar-refractivity contribution >= 4 is 44.4 Å². The Morgan fingerprint density at radius 2 is 1.94 bits per heavy atom. The predicted molar refractivity (Wildman–Crippen MR) is 123 cm³/mol. The smallest absolute Gasteiger partial charge is 0.243 e. The Morgan fingerprint density at radius 1 is 1.22 bits per heavy atom. The number of benzene rings is 2. The van der Waals surface area contributed by atoms with Gasteiger partial charge in [-0.15, -0.1) is 0 Å². The van der Waals surface area contributed by atoms with E-state index in [0.717, 1.165) is 16.8 Å². The zero-order valence-electron chi connectivity index (χ0n) is 17.7. The number of fused-ring (bicyclic) bond motifs is 1. The van der Waals surface area contributed by atoms with Gasteiger partial charge in [-0.25, -0.2) is 13.4 Å². The molecular formula is C21H24N4O5S2. The monoisotopic (exact) mass is 476 g/mol. The number of H-pyrrole nitrogens is 1. The van der Waals surface area contributed by atoms with Gasteiger partial charge in [0, 0.05) is 24.8 Å². The number of carbonyl (C=O) groups is 1. The summed E-state index contributed by atoms with van der Waals surface area (Å²) in [5.41, 5.74) is 2.15. The highest BCUT2D eigenvalue weighted by Gasteiger charge is 2.26. The van der Waals surface area contributed by atoms with Crippen LogP contribution in [-0.2, 0) is 19.6 Å². The molecule has 2 aromatic carbocycles. The van der Waals surface area contributed by atoms with Crippen LogP contribution in [0.15, 0.2) is 52.5 Å². The molecule has 1 fully saturated rings. The van der Waals surface area contributed by atoms with Crippen LogP contribution >= 0.6 is 11.8 Å². The van der Waals surface area contributed by atoms with Crippen molar-refractivity contribution in [1.82, 2.24) is 14.3 Å². The minimum atomic E-state index is -3.57. The van der Waals surface area contributed by atoms with Gasteiger partial charge in [0.25, 0.3) is 0 Å². The lowest BCUT2D eigenvalue weighted by Gasteiger charge is -2.26. The summed E-state index contributed by atoms with van der Waals surface area (Å²) in [4.78, 5) is 20.5. The first-order chi connectivity index (χ1) is 15.4. The van der Waals surface area contributed by atoms with Crippen LogP contribution in [0.25, 0.3) is 11.0 Å². The van der Waals surface area contributed by atoms with Crippen LogP contribution < -0.4 is 10.1 Å². The van der Waals surface area contributed by atoms with Crippen LogP contribution in [0.4, 0.5) is 5.69 Å². The third-order valence-corrected chi connectivity index (χ3v) is 7.95. The Labute approximate surface area is 190 Å². The number of carbonyl (C=O) groups excluding carboxylic acids is 1. The van der Waals surface area contributed by atoms with Crippen molar-refractivity contribution in [3.05, 3.63) is 42.5 Å². The number of aromatic nitrogens is 2. The van der Waals surface area contributed by atoms with E-state index in [4.69, 9.17) is 9.47 Å². The number of nitrogens with zero attached hydrogens (tertiary/aromatic N) is 2. The van der Waals surface area contributed by atoms with Crippen LogP contribution in [0.3, 0.4) is 0 Å². The Morgan fingerprint density at radius 3 is 2.62 bits per heavy atom. The van der Waals surface area contributed by atoms with Gasteiger partial charge in [-0.05, 0) is 43.3 Å². The fourth-order valence-corrected chi connectivity index (χ4v) is 5.49. The van der Waals surface area contributed by atoms with E-state index in [1.165, 1.54) is 28.2 Å². The van der Waals surface area contributed by atoms with Crippen LogP contribution in [0.2, 0.25) is 0 Å². The summed E-state index contributed by atoms with van der Waals surface area (Å²) in [6, 6.07) is 11.7. The van der Waals surface area contributed by atoms with Gasteiger partial charge in [0.05, 0.1) is 41.5 Å². The molecule has 170 valence electrons. The van der Waals surface area contributed by atoms with Crippen molar-refractivity contribution in [2.75, 3.05) is 38.7 Å². The number of methoxy groups -OCH3 is 1. The lowest BCUT2D eigenvalue weighted by Crippen LogP contribution is -2.40. The van der Waals surface area contributed by atoms with Crippen LogP contribution in [0.1, 0.15) is 6.92 Å². The summed E-state index contributed by atoms with van der Waals surface area (Å²) >= 11 is 1.30. The van der Waals surface area contributed by atoms with E-state index >= 15 is 0 Å². The van der Waals surface area contributed by atoms with Gasteiger partial charge >= 0.3 is 0 Å². The molecule has 2 N–H and O–H groups in total. The Hall–Kier alpha value is -2.60. The zero-order chi connectivity index (χ0) is 22.7. The van der Waals surface area contributed by atoms with Crippen LogP contribution in [0, 0.1) is 0 Å². The number of anilines is 1. The quantitative estimate of drug-likeness (QED) is 0.504. The van der Waals surface area contributed by atoms with E-state index in [9.17, 15) is 13.2 Å². The second-order valence-electron chi connectivity index (χ2n) is 7.22. The molecule has 1 aliphatic heterocycles. The maximum Gasteiger partial charge on any atom is 0.243 e. The number of imidazole rings is 1. The molecule has 11 heteroatoms. The van der Waals surface area contributed by atoms with Crippen molar-refractivity contribution in [1.29, 1.82) is 0 Å². The number of amides is 1. The summed E-state index contributed by atoms with van der Waals surface area (Å²) in [6.45, 7) is 3.24. The molecule has 1 saturated heterocycles. The van der Waals surface area contributed by atoms with E-state index in [1.807, 2.05) is 18.2 Å². The molecule has 1 aliphatic rings. The Kier molecular flexibility index (Phi) is 6.70. The van der Waals surface area contributed by atoms with Crippen molar-refractivity contribution in [2.45, 2.75) is 22.2 Å². The molecule has 0 spiro atoms. The number of thioether (sulfide) groups is 1. The fraction of sp³-hybridized carbons (Fsp3) is 0.333. The summed E-state index contributed by atoms with van der Waals surface area (Å²) < 4.78 is 37.3. The number of hydrogen-bond donors (Lipinski definition) is 2. The molecule has 0 unspecified atom stereocenters. The number of aromatic amines is 1. The standard InChI is InChI=1S/C21H24N4O5S2/c1-14(31-21-23-18-8-5-16(29-2)13-19(18)24-21)20(26)22-15-3-6-17(7-4-15)32(27,28)25-9-11-30-12-10-25/h3-8,13-14H,9-12H2,1-2H3,(H,22,26)(H,23,24)/t14-/m0/s1. The maximum atomic E-state index is 12.7. The van der Waals surface area contributed by atoms with Crippen molar-refractivity contribution in [3.8, 4) is 5.75 Å². The highest BCUT2D eigenvalue weighted by atomic mass is 32.2. The van der Waals surface area contributed by atoms with Gasteiger partial charge in [-0.2, -0.15) is 4.31 Å². The third-order valence-electron chi connectivity index (χ3n) is 5.05. The average Bonchev–Trinajstić information content (AvgIpc) is 3.21. The third kappa shape index (κ3) is 4.90. The maximum absolute atomic E-state index is 12.7. The van der Waals surface area contributed by atoms with Crippen molar-refractivity contribution in [3.63, 3.8) is 0 Å². The highest BCUT2D eigenvalue weighted by Crippen LogP contribution is 2.27. The van der Waals surface area contributed by atoms with Crippen molar-refractivity contribution < 1.29 is 22.7 Å². The first-order valence-corrected chi connectivity index (χ1v) is 12.4. The highest BCUT2D eigenvalue weighted by molar-refractivity contribution is 8.00. The number of ether oxygens (including phenoxy) is 2. The molecule has 32 heavy (non-hydrogen) atoms. The minimum Gasteiger partial charge on any atom is -0.497 e. The zero-order valence-corrected chi connectivity index (χ0v) is 19.3. The van der Waals surface area contributed by atoms with Crippen LogP contribution in [0.5, 0.6) is 5.75 Å². The molecule has 0 radical (unpaired) electrons. The van der Waals surface area contributed by atoms with E-state index in [2.05, 4.69) is 15.3 Å². The molecule has 1 amide bonds. The Balaban J connectivity index is 1.39. The number of morpholine rings is 1. The van der Waals surface area contributed by atoms with E-state index < -0.39 is 15.3 Å². The topological polar surface area (TPSA) is 114 Å². The normalized spacial score (nSPS) is 16.1. The fourth-order valence-electron chi connectivity index (χ4n) is 3.26. The summed E-state index contributed by atoms with van der Waals surface area (Å²) in [5, 5.41) is 3.03. The van der Waals surface area contributed by atoms with E-state index in [0.29, 0.717) is 37.1 Å². The molecule has 0 saturated carbocycles. The van der Waals surface area contributed by atoms with Gasteiger partial charge in [-0.3, -0.25) is 4.79 Å². The summed E-state index contributed by atoms with van der Waals surface area (Å²) in [6.07, 6.45) is 0. The minimum absolute atomic E-state index is 0.192. The van der Waals surface area contributed by atoms with Gasteiger partial charge in [0.1, 0.15) is 5.75 Å². The molecule has 2 heterocycles. The second-order valence-corrected chi connectivity index (χ2v) is 10.5. The summed E-state index contributed by atoms with van der Waals surface area (Å²) in [7, 11) is -1.97. The van der Waals surface area contributed by atoms with Gasteiger partial charge in [0.2, 0.25) is 15.9 Å². The largest absolute Gasteiger partial charge is 0.497 e. The molecule has 0 aliphatic carbocycles. The molecular weight excluding hydrogens is 452 g/mol. The number of sulfonamides is 1. The second kappa shape index (κ2) is 9.49. The lowest BCUT2D eigenvalue weighted by atomic mass is 10.3. The van der Waals surface area contributed by atoms with Gasteiger partial charge in [-0.1, -0.05) is 11.8 Å². The van der Waals surface area contributed by atoms with Crippen molar-refractivity contribution in [2.24, 2.45) is 0 Å². The Bertz CT molecular complexity index is 1200. The molecule has 0 bridgehead atoms. The van der Waals surface area contributed by atoms with Gasteiger partial charge < -0.3 is 19.8 Å². The lowest BCUT2D eigenvalue weighted by molar-refractivity contribution is -0.115. The molecule has 1 atom stereocenters. The first-order valence-electron chi connectivity index (χ1n) is 10.1. The summed E-state index contributed by atoms with van der Waals surface area (Å²) in [5.74, 6) is 0.513.